The van der Waals surface area contributed by atoms with Crippen molar-refractivity contribution in [2.24, 2.45) is 0 Å². The second-order valence-electron chi connectivity index (χ2n) is 4.50. The highest BCUT2D eigenvalue weighted by molar-refractivity contribution is 7.11. The molecule has 2 heterocycles. The Morgan fingerprint density at radius 2 is 2.05 bits per heavy atom. The Bertz CT molecular complexity index is 629. The van der Waals surface area contributed by atoms with E-state index in [9.17, 15) is 10.1 Å². The lowest BCUT2D eigenvalue weighted by molar-refractivity contribution is -0.384. The van der Waals surface area contributed by atoms with Crippen LogP contribution in [0.4, 0.5) is 17.3 Å². The molecule has 0 radical (unpaired) electrons. The number of anilines is 2. The average Bonchev–Trinajstić information content (AvgIpc) is 2.88. The predicted molar refractivity (Wildman–Crippen MR) is 83.8 cm³/mol. The topological polar surface area (TPSA) is 93.0 Å². The van der Waals surface area contributed by atoms with E-state index in [1.54, 1.807) is 17.5 Å². The molecule has 2 aromatic heterocycles. The fourth-order valence-corrected chi connectivity index (χ4v) is 2.43. The maximum Gasteiger partial charge on any atom is 0.276 e. The Morgan fingerprint density at radius 1 is 1.33 bits per heavy atom. The largest absolute Gasteiger partial charge is 0.370 e. The second kappa shape index (κ2) is 6.98. The first-order valence-corrected chi connectivity index (χ1v) is 7.45. The molecule has 0 spiro atoms. The van der Waals surface area contributed by atoms with Crippen molar-refractivity contribution in [2.45, 2.75) is 26.8 Å². The van der Waals surface area contributed by atoms with Crippen LogP contribution in [0.2, 0.25) is 0 Å². The lowest BCUT2D eigenvalue weighted by Gasteiger charge is -2.08. The molecule has 8 heteroatoms. The Hall–Kier alpha value is -2.22. The van der Waals surface area contributed by atoms with Crippen LogP contribution in [0.15, 0.2) is 18.3 Å². The van der Waals surface area contributed by atoms with E-state index in [0.717, 1.165) is 22.9 Å². The van der Waals surface area contributed by atoms with Crippen molar-refractivity contribution in [3.05, 3.63) is 38.3 Å². The van der Waals surface area contributed by atoms with Gasteiger partial charge in [0.2, 0.25) is 0 Å². The van der Waals surface area contributed by atoms with E-state index < -0.39 is 4.92 Å². The van der Waals surface area contributed by atoms with Crippen molar-refractivity contribution < 1.29 is 4.92 Å². The zero-order chi connectivity index (χ0) is 15.2. The maximum atomic E-state index is 11.0. The third kappa shape index (κ3) is 4.38. The lowest BCUT2D eigenvalue weighted by Crippen LogP contribution is -2.06. The molecule has 0 saturated carbocycles. The summed E-state index contributed by atoms with van der Waals surface area (Å²) >= 11 is 1.58. The summed E-state index contributed by atoms with van der Waals surface area (Å²) in [4.78, 5) is 20.2. The Labute approximate surface area is 126 Å². The van der Waals surface area contributed by atoms with E-state index in [2.05, 4.69) is 20.6 Å². The first-order chi connectivity index (χ1) is 10.1. The van der Waals surface area contributed by atoms with Crippen molar-refractivity contribution in [2.75, 3.05) is 17.2 Å². The zero-order valence-corrected chi connectivity index (χ0v) is 12.7. The molecular formula is C13H17N5O2S. The monoisotopic (exact) mass is 307 g/mol. The molecular weight excluding hydrogens is 290 g/mol. The molecule has 7 nitrogen and oxygen atoms in total. The molecule has 0 aliphatic heterocycles. The number of pyridine rings is 1. The molecule has 0 aliphatic rings. The van der Waals surface area contributed by atoms with Gasteiger partial charge < -0.3 is 10.6 Å². The van der Waals surface area contributed by atoms with Crippen LogP contribution in [0.1, 0.15) is 23.2 Å². The Kier molecular flexibility index (Phi) is 5.04. The number of hydrogen-bond acceptors (Lipinski definition) is 7. The second-order valence-corrected chi connectivity index (χ2v) is 5.82. The molecule has 2 aromatic rings. The van der Waals surface area contributed by atoms with Crippen molar-refractivity contribution in [1.29, 1.82) is 0 Å². The summed E-state index contributed by atoms with van der Waals surface area (Å²) in [5.74, 6) is 0.972. The first-order valence-electron chi connectivity index (χ1n) is 6.64. The van der Waals surface area contributed by atoms with Gasteiger partial charge in [-0.1, -0.05) is 6.92 Å². The standard InChI is InChI=1S/C13H17N5O2S/c1-3-4-14-11-5-10(18(19)20)6-12(17-11)15-8-13-16-7-9(2)21-13/h5-7H,3-4,8H2,1-2H3,(H2,14,15,17). The van der Waals surface area contributed by atoms with Gasteiger partial charge in [0.1, 0.15) is 16.6 Å². The molecule has 2 rings (SSSR count). The predicted octanol–water partition coefficient (Wildman–Crippen LogP) is 3.19. The number of aromatic nitrogens is 2. The van der Waals surface area contributed by atoms with Crippen LogP contribution in [0.3, 0.4) is 0 Å². The fraction of sp³-hybridized carbons (Fsp3) is 0.385. The van der Waals surface area contributed by atoms with E-state index in [-0.39, 0.29) is 5.69 Å². The van der Waals surface area contributed by atoms with E-state index >= 15 is 0 Å². The highest BCUT2D eigenvalue weighted by Gasteiger charge is 2.11. The molecule has 112 valence electrons. The highest BCUT2D eigenvalue weighted by atomic mass is 32.1. The smallest absolute Gasteiger partial charge is 0.276 e. The quantitative estimate of drug-likeness (QED) is 0.603. The summed E-state index contributed by atoms with van der Waals surface area (Å²) in [5.41, 5.74) is 0.0152. The molecule has 2 N–H and O–H groups in total. The summed E-state index contributed by atoms with van der Waals surface area (Å²) < 4.78 is 0. The number of thiazole rings is 1. The van der Waals surface area contributed by atoms with E-state index in [1.807, 2.05) is 13.8 Å². The lowest BCUT2D eigenvalue weighted by atomic mass is 10.3. The van der Waals surface area contributed by atoms with Crippen molar-refractivity contribution in [3.8, 4) is 0 Å². The Balaban J connectivity index is 2.12. The van der Waals surface area contributed by atoms with E-state index in [0.29, 0.717) is 18.2 Å². The van der Waals surface area contributed by atoms with E-state index in [1.165, 1.54) is 12.1 Å². The average molecular weight is 307 g/mol. The van der Waals surface area contributed by atoms with Gasteiger partial charge in [0, 0.05) is 17.6 Å². The minimum atomic E-state index is -0.419. The molecule has 0 unspecified atom stereocenters. The number of rotatable bonds is 7. The molecule has 0 atom stereocenters. The molecule has 0 bridgehead atoms. The summed E-state index contributed by atoms with van der Waals surface area (Å²) in [6, 6.07) is 2.87. The molecule has 0 aliphatic carbocycles. The summed E-state index contributed by atoms with van der Waals surface area (Å²) in [6.45, 7) is 5.23. The summed E-state index contributed by atoms with van der Waals surface area (Å²) in [5, 5.41) is 18.0. The third-order valence-corrected chi connectivity index (χ3v) is 3.58. The molecule has 0 fully saturated rings. The molecule has 0 amide bonds. The molecule has 21 heavy (non-hydrogen) atoms. The van der Waals surface area contributed by atoms with Gasteiger partial charge in [-0.15, -0.1) is 11.3 Å². The first kappa shape index (κ1) is 15.2. The minimum absolute atomic E-state index is 0.0152. The third-order valence-electron chi connectivity index (χ3n) is 2.67. The maximum absolute atomic E-state index is 11.0. The zero-order valence-electron chi connectivity index (χ0n) is 11.9. The van der Waals surface area contributed by atoms with Crippen LogP contribution in [0.25, 0.3) is 0 Å². The van der Waals surface area contributed by atoms with Gasteiger partial charge in [-0.05, 0) is 13.3 Å². The van der Waals surface area contributed by atoms with Crippen LogP contribution in [0, 0.1) is 17.0 Å². The number of nitrogens with one attached hydrogen (secondary N) is 2. The van der Waals surface area contributed by atoms with Crippen LogP contribution < -0.4 is 10.6 Å². The highest BCUT2D eigenvalue weighted by Crippen LogP contribution is 2.21. The van der Waals surface area contributed by atoms with Crippen molar-refractivity contribution in [1.82, 2.24) is 9.97 Å². The minimum Gasteiger partial charge on any atom is -0.370 e. The van der Waals surface area contributed by atoms with Gasteiger partial charge in [0.25, 0.3) is 5.69 Å². The van der Waals surface area contributed by atoms with Crippen molar-refractivity contribution in [3.63, 3.8) is 0 Å². The van der Waals surface area contributed by atoms with E-state index in [4.69, 9.17) is 0 Å². The number of aryl methyl sites for hydroxylation is 1. The van der Waals surface area contributed by atoms with Gasteiger partial charge in [0.15, 0.2) is 0 Å². The van der Waals surface area contributed by atoms with Crippen molar-refractivity contribution >= 4 is 28.7 Å². The van der Waals surface area contributed by atoms with Gasteiger partial charge in [-0.2, -0.15) is 0 Å². The fourth-order valence-electron chi connectivity index (χ4n) is 1.71. The summed E-state index contributed by atoms with van der Waals surface area (Å²) in [7, 11) is 0. The van der Waals surface area contributed by atoms with Gasteiger partial charge in [0.05, 0.1) is 23.6 Å². The number of nitro groups is 1. The molecule has 0 saturated heterocycles. The van der Waals surface area contributed by atoms with Gasteiger partial charge in [-0.3, -0.25) is 10.1 Å². The van der Waals surface area contributed by atoms with Crippen LogP contribution in [-0.4, -0.2) is 21.4 Å². The Morgan fingerprint density at radius 3 is 2.62 bits per heavy atom. The van der Waals surface area contributed by atoms with Crippen LogP contribution in [0.5, 0.6) is 0 Å². The molecule has 0 aromatic carbocycles. The van der Waals surface area contributed by atoms with Crippen LogP contribution in [-0.2, 0) is 6.54 Å². The van der Waals surface area contributed by atoms with Gasteiger partial charge in [-0.25, -0.2) is 9.97 Å². The number of nitrogens with zero attached hydrogens (tertiary/aromatic N) is 3. The number of hydrogen-bond donors (Lipinski definition) is 2. The summed E-state index contributed by atoms with van der Waals surface area (Å²) in [6.07, 6.45) is 2.72. The van der Waals surface area contributed by atoms with Crippen LogP contribution >= 0.6 is 11.3 Å². The SMILES string of the molecule is CCCNc1cc([N+](=O)[O-])cc(NCc2ncc(C)s2)n1. The normalized spacial score (nSPS) is 10.4. The van der Waals surface area contributed by atoms with Gasteiger partial charge >= 0.3 is 0 Å².